The molecule has 8 aliphatic rings. The Kier molecular flexibility index (Phi) is 29.8. The summed E-state index contributed by atoms with van der Waals surface area (Å²) in [5.74, 6) is -0.311. The van der Waals surface area contributed by atoms with Gasteiger partial charge in [-0.3, -0.25) is 0 Å². The van der Waals surface area contributed by atoms with Crippen molar-refractivity contribution in [3.8, 4) is 0 Å². The molecule has 8 rings (SSSR count). The van der Waals surface area contributed by atoms with E-state index in [-0.39, 0.29) is 87.0 Å². The van der Waals surface area contributed by atoms with Crippen molar-refractivity contribution >= 4 is 32.6 Å². The van der Waals surface area contributed by atoms with Crippen LogP contribution in [0, 0.1) is 45.3 Å². The molecule has 0 heterocycles. The fourth-order valence-corrected chi connectivity index (χ4v) is 11.6. The summed E-state index contributed by atoms with van der Waals surface area (Å²) in [6, 6.07) is 0. The number of aliphatic hydroxyl groups is 7. The van der Waals surface area contributed by atoms with Crippen molar-refractivity contribution in [2.75, 3.05) is 26.9 Å². The summed E-state index contributed by atoms with van der Waals surface area (Å²) in [6.45, 7) is 14.4. The van der Waals surface area contributed by atoms with Gasteiger partial charge in [0.1, 0.15) is 0 Å². The fraction of sp³-hybridized carbons (Fsp3) is 0.951. The number of methoxy groups -OCH3 is 1. The van der Waals surface area contributed by atoms with Gasteiger partial charge in [0.05, 0.1) is 7.11 Å². The van der Waals surface area contributed by atoms with Gasteiger partial charge in [0.25, 0.3) is 0 Å². The molecule has 0 aromatic carbocycles. The van der Waals surface area contributed by atoms with Crippen LogP contribution in [0.1, 0.15) is 139 Å². The summed E-state index contributed by atoms with van der Waals surface area (Å²) in [7, 11) is -11.6. The van der Waals surface area contributed by atoms with Gasteiger partial charge in [-0.1, -0.05) is 7.77 Å². The molecule has 8 aliphatic carbocycles. The number of carbonyl (C=O) groups is 1. The summed E-state index contributed by atoms with van der Waals surface area (Å²) < 4.78 is 119. The normalized spacial score (nSPS) is 29.9. The molecule has 386 valence electrons. The molecule has 2 atom stereocenters. The zero-order chi connectivity index (χ0) is 50.9. The molecule has 0 aromatic heterocycles. The van der Waals surface area contributed by atoms with Crippen molar-refractivity contribution in [1.29, 1.82) is 0 Å². The summed E-state index contributed by atoms with van der Waals surface area (Å²) >= 11 is 0. The van der Waals surface area contributed by atoms with Crippen LogP contribution in [-0.4, -0.2) is 127 Å². The molecule has 2 unspecified atom stereocenters. The first-order valence-electron chi connectivity index (χ1n) is 21.1. The molecule has 0 spiro atoms. The Labute approximate surface area is 395 Å². The molecule has 8 fully saturated rings. The number of alkyl halides is 4. The van der Waals surface area contributed by atoms with Crippen LogP contribution < -0.4 is 0 Å². The van der Waals surface area contributed by atoms with Crippen molar-refractivity contribution in [1.82, 2.24) is 0 Å². The molecular weight excluding hydrogens is 958 g/mol. The monoisotopic (exact) mass is 1030 g/mol. The summed E-state index contributed by atoms with van der Waals surface area (Å²) in [4.78, 5) is 26.1. The molecular formula is C41H74F6O15S2Ti. The van der Waals surface area contributed by atoms with Gasteiger partial charge in [0, 0.05) is 72.4 Å². The number of rotatable bonds is 8. The second kappa shape index (κ2) is 28.4. The summed E-state index contributed by atoms with van der Waals surface area (Å²) in [5, 5.41) is 51.5. The van der Waals surface area contributed by atoms with E-state index in [9.17, 15) is 62.3 Å². The van der Waals surface area contributed by atoms with Crippen LogP contribution >= 0.6 is 0 Å². The fourth-order valence-electron chi connectivity index (χ4n) is 10.8. The Morgan fingerprint density at radius 2 is 0.800 bits per heavy atom. The number of aliphatic hydroxyl groups excluding tert-OH is 7. The van der Waals surface area contributed by atoms with Gasteiger partial charge in [0.2, 0.25) is 0 Å². The zero-order valence-electron chi connectivity index (χ0n) is 38.9. The number of carbonyl (C=O) groups excluding carboxylic acids is 3. The van der Waals surface area contributed by atoms with Gasteiger partial charge in [-0.05, 0) is 178 Å². The first kappa shape index (κ1) is 68.0. The second-order valence-electron chi connectivity index (χ2n) is 19.6. The Morgan fingerprint density at radius 1 is 0.585 bits per heavy atom. The molecule has 7 N–H and O–H groups in total. The molecule has 8 saturated carbocycles. The average molecular weight is 1030 g/mol. The van der Waals surface area contributed by atoms with E-state index in [2.05, 4.69) is 4.74 Å². The first-order chi connectivity index (χ1) is 28.9. The Morgan fingerprint density at radius 3 is 0.969 bits per heavy atom. The topological polar surface area (TPSA) is 270 Å². The van der Waals surface area contributed by atoms with E-state index in [1.165, 1.54) is 32.1 Å². The predicted molar refractivity (Wildman–Crippen MR) is 221 cm³/mol. The van der Waals surface area contributed by atoms with E-state index in [1.807, 2.05) is 0 Å². The molecule has 8 bridgehead atoms. The van der Waals surface area contributed by atoms with Crippen LogP contribution in [-0.2, 0) is 61.3 Å². The number of ether oxygens (including phenoxy) is 1. The van der Waals surface area contributed by atoms with Crippen LogP contribution in [0.25, 0.3) is 0 Å². The number of hydrogen-bond acceptors (Lipinski definition) is 15. The van der Waals surface area contributed by atoms with Crippen molar-refractivity contribution in [3.63, 3.8) is 0 Å². The van der Waals surface area contributed by atoms with Gasteiger partial charge in [-0.25, -0.2) is 4.79 Å². The van der Waals surface area contributed by atoms with Gasteiger partial charge in [-0.15, -0.1) is 0 Å². The minimum absolute atomic E-state index is 0. The average Bonchev–Trinajstić information content (AvgIpc) is 3.09. The third kappa shape index (κ3) is 23.3. The van der Waals surface area contributed by atoms with Crippen LogP contribution in [0.3, 0.4) is 0 Å². The number of halogens is 6. The van der Waals surface area contributed by atoms with E-state index in [0.717, 1.165) is 37.5 Å². The molecule has 0 aromatic rings. The maximum absolute atomic E-state index is 13.6. The van der Waals surface area contributed by atoms with Crippen LogP contribution in [0.15, 0.2) is 0 Å². The predicted octanol–water partition coefficient (Wildman–Crippen LogP) is 5.42. The molecule has 0 saturated heterocycles. The third-order valence-electron chi connectivity index (χ3n) is 11.3. The zero-order valence-corrected chi connectivity index (χ0v) is 42.1. The number of esters is 1. The molecule has 65 heavy (non-hydrogen) atoms. The van der Waals surface area contributed by atoms with Crippen LogP contribution in [0.5, 0.6) is 0 Å². The van der Waals surface area contributed by atoms with Crippen LogP contribution in [0.2, 0.25) is 0 Å². The van der Waals surface area contributed by atoms with Crippen molar-refractivity contribution < 1.29 is 119 Å². The summed E-state index contributed by atoms with van der Waals surface area (Å²) in [6.07, 6.45) is 10.1. The van der Waals surface area contributed by atoms with E-state index >= 15 is 0 Å². The minimum Gasteiger partial charge on any atom is -0.464 e. The minimum atomic E-state index is -6.22. The molecule has 15 nitrogen and oxygen atoms in total. The van der Waals surface area contributed by atoms with Crippen LogP contribution in [0.4, 0.5) is 25.3 Å². The molecule has 0 amide bonds. The molecule has 0 radical (unpaired) electrons. The van der Waals surface area contributed by atoms with E-state index in [0.29, 0.717) is 39.6 Å². The molecule has 0 aliphatic heterocycles. The van der Waals surface area contributed by atoms with Gasteiger partial charge in [-0.2, -0.15) is 44.0 Å². The second-order valence-corrected chi connectivity index (χ2v) is 22.4. The standard InChI is InChI=1S/C13H19F3O3S.C12H20O2.C3H3F3O4S.4C3H8O.CO2.Ti/c14-13(15,20(16,18)19)7-11-2-9-1-10(3-11)5-12(4-9,6-11)8-17;13-7-11-2-9-1-10(4-11)5-12(3-9,6-11)8-14;1-10-2(7)3(4,5)11(6,8)9;4*1-3(2)4;2-1-3;/h9-10,17H,1-8H2;9-10,13-14H,1-8H2;1H3;4*3-4H,1-2H3;;. The van der Waals surface area contributed by atoms with E-state index in [4.69, 9.17) is 30.0 Å². The maximum atomic E-state index is 13.6. The van der Waals surface area contributed by atoms with Crippen molar-refractivity contribution in [3.05, 3.63) is 0 Å². The molecule has 24 heteroatoms. The maximum Gasteiger partial charge on any atom is 0.470 e. The Hall–Kier alpha value is -1.24. The Bertz CT molecular complexity index is 1560. The third-order valence-corrected chi connectivity index (χ3v) is 12.9. The first-order valence-corrected chi connectivity index (χ1v) is 23.9. The smallest absolute Gasteiger partial charge is 0.464 e. The number of hydrogen-bond donors (Lipinski definition) is 7. The van der Waals surface area contributed by atoms with Crippen molar-refractivity contribution in [2.24, 2.45) is 45.3 Å². The van der Waals surface area contributed by atoms with Gasteiger partial charge >= 0.3 is 43.1 Å². The SMILES string of the molecule is CC(C)O.CC(C)O.CC(C)O.CC(C)O.COC(=O)C(F)(F)S(=O)(=O)F.O=C=O.O=S(=O)(F)C(F)(F)CC12CC3CC(CC(CO)(C3)C1)C2.OCC12CC3CC(C1)CC(CO)(C3)C2.[Ti]. The van der Waals surface area contributed by atoms with Crippen molar-refractivity contribution in [2.45, 2.75) is 174 Å². The quantitative estimate of drug-likeness (QED) is 0.0693. The Balaban J connectivity index is -0.000000754. The van der Waals surface area contributed by atoms with E-state index < -0.39 is 48.8 Å². The summed E-state index contributed by atoms with van der Waals surface area (Å²) in [5.41, 5.74) is -0.769. The largest absolute Gasteiger partial charge is 0.470 e. The van der Waals surface area contributed by atoms with E-state index in [1.54, 1.807) is 55.4 Å². The van der Waals surface area contributed by atoms with Gasteiger partial charge < -0.3 is 40.5 Å². The van der Waals surface area contributed by atoms with Gasteiger partial charge in [0.15, 0.2) is 0 Å².